The van der Waals surface area contributed by atoms with E-state index in [1.165, 1.54) is 61.4 Å². The number of aliphatic carboxylic acids is 1. The summed E-state index contributed by atoms with van der Waals surface area (Å²) in [5.41, 5.74) is 5.51. The summed E-state index contributed by atoms with van der Waals surface area (Å²) in [6, 6.07) is 40.7. The van der Waals surface area contributed by atoms with Gasteiger partial charge in [0.2, 0.25) is 0 Å². The molecule has 0 heterocycles. The van der Waals surface area contributed by atoms with Crippen LogP contribution in [0.1, 0.15) is 139 Å². The second kappa shape index (κ2) is 33.5. The molecule has 0 spiro atoms. The van der Waals surface area contributed by atoms with Gasteiger partial charge in [0.15, 0.2) is 0 Å². The number of nitrogens with zero attached hydrogens (tertiary/aromatic N) is 2. The average Bonchev–Trinajstić information content (AvgIpc) is 3.40. The lowest BCUT2D eigenvalue weighted by molar-refractivity contribution is -0.137. The van der Waals surface area contributed by atoms with Crippen molar-refractivity contribution < 1.29 is 52.4 Å². The smallest absolute Gasteiger partial charge is 0.311 e. The van der Waals surface area contributed by atoms with Gasteiger partial charge in [0.05, 0.1) is 23.3 Å². The standard InChI is InChI=1S/C31H32FNO4.C20H18FNO4.C11H16O/c1-2-3-5-8-23-13-17-26(18-14-23)36-30(34)9-6-4-7-10-31(35)37-27-19-20-28(29(32)21-27)25-15-11-24(22-33)12-16-25;21-18-12-16(26-20(25)5-3-1-2-4-19(23)24)10-11-17(18)15-8-6-14(13-22)7-9-15;1-2-3-4-5-10-6-8-11(12)9-7-10/h11-21H,2-10H2,1H3;6-12H,1-5H2,(H,23,24);6-9,12H,2-5H2,1H3. The lowest BCUT2D eigenvalue weighted by Gasteiger charge is -2.08. The second-order valence-corrected chi connectivity index (χ2v) is 17.8. The largest absolute Gasteiger partial charge is 0.508 e. The van der Waals surface area contributed by atoms with Gasteiger partial charge >= 0.3 is 23.9 Å². The van der Waals surface area contributed by atoms with E-state index < -0.39 is 29.5 Å². The Morgan fingerprint density at radius 2 is 0.813 bits per heavy atom. The fraction of sp³-hybridized carbons (Fsp3) is 0.323. The van der Waals surface area contributed by atoms with Crippen LogP contribution in [0, 0.1) is 34.3 Å². The van der Waals surface area contributed by atoms with Crippen LogP contribution in [0.5, 0.6) is 23.0 Å². The van der Waals surface area contributed by atoms with E-state index in [0.29, 0.717) is 83.4 Å². The van der Waals surface area contributed by atoms with E-state index in [-0.39, 0.29) is 43.2 Å². The first-order valence-corrected chi connectivity index (χ1v) is 25.6. The Balaban J connectivity index is 0.000000276. The van der Waals surface area contributed by atoms with E-state index in [9.17, 15) is 28.0 Å². The van der Waals surface area contributed by atoms with Crippen LogP contribution in [0.15, 0.2) is 133 Å². The Morgan fingerprint density at radius 1 is 0.453 bits per heavy atom. The van der Waals surface area contributed by atoms with Gasteiger partial charge in [-0.3, -0.25) is 19.2 Å². The predicted molar refractivity (Wildman–Crippen MR) is 285 cm³/mol. The fourth-order valence-corrected chi connectivity index (χ4v) is 7.57. The molecule has 0 amide bonds. The minimum atomic E-state index is -0.856. The highest BCUT2D eigenvalue weighted by Crippen LogP contribution is 2.29. The highest BCUT2D eigenvalue weighted by atomic mass is 19.1. The summed E-state index contributed by atoms with van der Waals surface area (Å²) >= 11 is 0. The number of rotatable bonds is 25. The molecule has 392 valence electrons. The number of esters is 3. The molecule has 0 radical (unpaired) electrons. The molecular formula is C62H66F2N2O9. The summed E-state index contributed by atoms with van der Waals surface area (Å²) in [6.07, 6.45) is 13.7. The maximum absolute atomic E-state index is 14.5. The number of carboxylic acid groups (broad SMARTS) is 1. The summed E-state index contributed by atoms with van der Waals surface area (Å²) in [6.45, 7) is 4.38. The molecule has 0 fully saturated rings. The number of carboxylic acids is 1. The maximum Gasteiger partial charge on any atom is 0.311 e. The van der Waals surface area contributed by atoms with E-state index in [2.05, 4.69) is 13.8 Å². The van der Waals surface area contributed by atoms with Crippen LogP contribution in [0.4, 0.5) is 8.78 Å². The number of halogens is 2. The zero-order valence-electron chi connectivity index (χ0n) is 42.8. The number of phenolic OH excluding ortho intramolecular Hbond substituents is 1. The molecule has 0 aliphatic heterocycles. The quantitative estimate of drug-likeness (QED) is 0.0316. The third-order valence-electron chi connectivity index (χ3n) is 11.8. The highest BCUT2D eigenvalue weighted by molar-refractivity contribution is 5.75. The number of nitriles is 2. The average molecular weight is 1020 g/mol. The Kier molecular flexibility index (Phi) is 26.6. The summed E-state index contributed by atoms with van der Waals surface area (Å²) in [5, 5.41) is 35.2. The van der Waals surface area contributed by atoms with E-state index in [0.717, 1.165) is 25.3 Å². The van der Waals surface area contributed by atoms with Gasteiger partial charge < -0.3 is 24.4 Å². The van der Waals surface area contributed by atoms with E-state index in [4.69, 9.17) is 34.9 Å². The van der Waals surface area contributed by atoms with Crippen LogP contribution < -0.4 is 14.2 Å². The van der Waals surface area contributed by atoms with Crippen molar-refractivity contribution in [2.75, 3.05) is 0 Å². The number of ether oxygens (including phenoxy) is 3. The van der Waals surface area contributed by atoms with Crippen LogP contribution in [0.3, 0.4) is 0 Å². The Morgan fingerprint density at radius 3 is 1.17 bits per heavy atom. The number of hydrogen-bond donors (Lipinski definition) is 2. The zero-order valence-corrected chi connectivity index (χ0v) is 42.8. The van der Waals surface area contributed by atoms with Gasteiger partial charge in [0.1, 0.15) is 34.6 Å². The van der Waals surface area contributed by atoms with Gasteiger partial charge in [0, 0.05) is 48.9 Å². The number of benzene rings is 6. The van der Waals surface area contributed by atoms with Gasteiger partial charge in [-0.25, -0.2) is 8.78 Å². The lowest BCUT2D eigenvalue weighted by Crippen LogP contribution is -2.09. The summed E-state index contributed by atoms with van der Waals surface area (Å²) in [5.74, 6) is -1.96. The number of carbonyl (C=O) groups is 4. The molecule has 0 atom stereocenters. The molecule has 11 nitrogen and oxygen atoms in total. The number of aromatic hydroxyl groups is 1. The summed E-state index contributed by atoms with van der Waals surface area (Å²) in [7, 11) is 0. The van der Waals surface area contributed by atoms with E-state index in [1.807, 2.05) is 48.5 Å². The Bertz CT molecular complexity index is 2800. The molecule has 75 heavy (non-hydrogen) atoms. The van der Waals surface area contributed by atoms with Crippen LogP contribution >= 0.6 is 0 Å². The van der Waals surface area contributed by atoms with Crippen molar-refractivity contribution in [3.8, 4) is 57.4 Å². The van der Waals surface area contributed by atoms with Gasteiger partial charge in [-0.05, 0) is 146 Å². The molecule has 0 aliphatic carbocycles. The summed E-state index contributed by atoms with van der Waals surface area (Å²) in [4.78, 5) is 46.4. The normalized spacial score (nSPS) is 10.3. The van der Waals surface area contributed by atoms with Crippen molar-refractivity contribution in [2.24, 2.45) is 0 Å². The lowest BCUT2D eigenvalue weighted by atomic mass is 10.0. The van der Waals surface area contributed by atoms with Crippen molar-refractivity contribution in [1.82, 2.24) is 0 Å². The number of carbonyl (C=O) groups excluding carboxylic acids is 3. The van der Waals surface area contributed by atoms with Crippen molar-refractivity contribution >= 4 is 23.9 Å². The van der Waals surface area contributed by atoms with Gasteiger partial charge in [-0.2, -0.15) is 10.5 Å². The molecule has 6 rings (SSSR count). The number of aryl methyl sites for hydroxylation is 2. The first kappa shape index (κ1) is 59.4. The minimum Gasteiger partial charge on any atom is -0.508 e. The van der Waals surface area contributed by atoms with Gasteiger partial charge in [0.25, 0.3) is 0 Å². The molecule has 0 saturated heterocycles. The Hall–Kier alpha value is -8.16. The van der Waals surface area contributed by atoms with Crippen LogP contribution in [0.2, 0.25) is 0 Å². The third-order valence-corrected chi connectivity index (χ3v) is 11.8. The van der Waals surface area contributed by atoms with Crippen LogP contribution in [-0.2, 0) is 32.0 Å². The molecule has 0 unspecified atom stereocenters. The third kappa shape index (κ3) is 23.1. The minimum absolute atomic E-state index is 0.0804. The zero-order chi connectivity index (χ0) is 54.2. The van der Waals surface area contributed by atoms with Gasteiger partial charge in [-0.1, -0.05) is 101 Å². The van der Waals surface area contributed by atoms with Crippen molar-refractivity contribution in [3.05, 3.63) is 167 Å². The summed E-state index contributed by atoms with van der Waals surface area (Å²) < 4.78 is 44.6. The maximum atomic E-state index is 14.5. The molecule has 6 aromatic rings. The van der Waals surface area contributed by atoms with Crippen LogP contribution in [0.25, 0.3) is 22.3 Å². The molecule has 0 aromatic heterocycles. The molecule has 0 bridgehead atoms. The molecule has 6 aromatic carbocycles. The van der Waals surface area contributed by atoms with Gasteiger partial charge in [-0.15, -0.1) is 0 Å². The number of phenols is 1. The van der Waals surface area contributed by atoms with Crippen LogP contribution in [-0.4, -0.2) is 34.1 Å². The number of hydrogen-bond acceptors (Lipinski definition) is 10. The fourth-order valence-electron chi connectivity index (χ4n) is 7.57. The molecule has 0 aliphatic rings. The Labute approximate surface area is 439 Å². The molecule has 0 saturated carbocycles. The van der Waals surface area contributed by atoms with E-state index in [1.54, 1.807) is 72.8 Å². The molecule has 2 N–H and O–H groups in total. The first-order chi connectivity index (χ1) is 36.3. The monoisotopic (exact) mass is 1020 g/mol. The molecular weight excluding hydrogens is 955 g/mol. The topological polar surface area (TPSA) is 184 Å². The van der Waals surface area contributed by atoms with Crippen molar-refractivity contribution in [1.29, 1.82) is 10.5 Å². The number of unbranched alkanes of at least 4 members (excludes halogenated alkanes) is 8. The van der Waals surface area contributed by atoms with Crippen molar-refractivity contribution in [2.45, 2.75) is 129 Å². The van der Waals surface area contributed by atoms with E-state index >= 15 is 0 Å². The SMILES string of the molecule is CCCCCc1ccc(O)cc1.CCCCCc1ccc(OC(=O)CCCCCC(=O)Oc2ccc(-c3ccc(C#N)cc3)c(F)c2)cc1.N#Cc1ccc(-c2ccc(OC(=O)CCCCCC(=O)O)cc2F)cc1. The highest BCUT2D eigenvalue weighted by Gasteiger charge is 2.13. The first-order valence-electron chi connectivity index (χ1n) is 25.6. The molecule has 13 heteroatoms. The second-order valence-electron chi connectivity index (χ2n) is 17.8. The van der Waals surface area contributed by atoms with Crippen molar-refractivity contribution in [3.63, 3.8) is 0 Å². The predicted octanol–water partition coefficient (Wildman–Crippen LogP) is 15.0.